The summed E-state index contributed by atoms with van der Waals surface area (Å²) < 4.78 is 5.91. The highest BCUT2D eigenvalue weighted by molar-refractivity contribution is 5.87. The third kappa shape index (κ3) is 26.8. The molecule has 17 N–H and O–H groups in total. The van der Waals surface area contributed by atoms with Crippen molar-refractivity contribution in [2.45, 2.75) is 231 Å². The Morgan fingerprint density at radius 3 is 1.83 bits per heavy atom. The van der Waals surface area contributed by atoms with E-state index in [1.807, 2.05) is 26.0 Å². The molecule has 76 heavy (non-hydrogen) atoms. The number of nitrogens with one attached hydrogen (secondary N) is 1. The van der Waals surface area contributed by atoms with E-state index in [1.165, 1.54) is 26.0 Å². The summed E-state index contributed by atoms with van der Waals surface area (Å²) in [6.07, 6.45) is -4.52. The molecule has 0 bridgehead atoms. The predicted octanol–water partition coefficient (Wildman–Crippen LogP) is 1.73. The van der Waals surface area contributed by atoms with E-state index in [0.29, 0.717) is 31.3 Å². The van der Waals surface area contributed by atoms with Gasteiger partial charge in [-0.15, -0.1) is 0 Å². The molecule has 0 spiro atoms. The fraction of sp³-hybridized carbons (Fsp3) is 0.789. The molecule has 0 saturated carbocycles. The SMILES string of the molecule is C/C1=C\CCC(C)C(O)C(C)C(O)CC/C=C/C(C)C(O)/C=C/C(C)C(O)/C(C)=C/C(O)C(O)CC(O)CC(O)CC(O)C(C)C(O)C(C)C(O)CC(O)CC(O)/C=C/CC(C(C)C(O)CCC(=O)NCCN)OC1=O. The van der Waals surface area contributed by atoms with Crippen LogP contribution in [0.1, 0.15) is 139 Å². The van der Waals surface area contributed by atoms with Crippen molar-refractivity contribution in [3.63, 3.8) is 0 Å². The number of carbonyl (C=O) groups is 2. The topological polar surface area (TPSA) is 365 Å². The van der Waals surface area contributed by atoms with Crippen LogP contribution in [0.25, 0.3) is 0 Å². The van der Waals surface area contributed by atoms with E-state index in [2.05, 4.69) is 5.32 Å². The van der Waals surface area contributed by atoms with Crippen molar-refractivity contribution in [2.75, 3.05) is 13.1 Å². The Morgan fingerprint density at radius 1 is 0.671 bits per heavy atom. The van der Waals surface area contributed by atoms with E-state index in [4.69, 9.17) is 10.5 Å². The summed E-state index contributed by atoms with van der Waals surface area (Å²) >= 11 is 0. The molecule has 22 unspecified atom stereocenters. The monoisotopic (exact) mass is 1090 g/mol. The number of cyclic esters (lactones) is 1. The Kier molecular flexibility index (Phi) is 34.7. The maximum atomic E-state index is 13.5. The fourth-order valence-electron chi connectivity index (χ4n) is 9.34. The summed E-state index contributed by atoms with van der Waals surface area (Å²) in [6, 6.07) is 0. The number of esters is 1. The van der Waals surface area contributed by atoms with E-state index < -0.39 is 127 Å². The third-order valence-electron chi connectivity index (χ3n) is 15.3. The van der Waals surface area contributed by atoms with E-state index >= 15 is 0 Å². The minimum Gasteiger partial charge on any atom is -0.458 e. The lowest BCUT2D eigenvalue weighted by Crippen LogP contribution is -2.41. The Balaban J connectivity index is 3.37. The predicted molar refractivity (Wildman–Crippen MR) is 291 cm³/mol. The lowest BCUT2D eigenvalue weighted by molar-refractivity contribution is -0.149. The zero-order chi connectivity index (χ0) is 58.0. The highest BCUT2D eigenvalue weighted by atomic mass is 16.5. The number of hydrogen-bond acceptors (Lipinski definition) is 18. The highest BCUT2D eigenvalue weighted by Crippen LogP contribution is 2.28. The van der Waals surface area contributed by atoms with Crippen LogP contribution in [0.4, 0.5) is 0 Å². The minimum absolute atomic E-state index is 0.00351. The largest absolute Gasteiger partial charge is 0.458 e. The van der Waals surface area contributed by atoms with Gasteiger partial charge in [-0.1, -0.05) is 97.1 Å². The number of aliphatic hydroxyl groups is 14. The Hall–Kier alpha value is -2.96. The van der Waals surface area contributed by atoms with Crippen molar-refractivity contribution in [1.29, 1.82) is 0 Å². The average molecular weight is 1090 g/mol. The van der Waals surface area contributed by atoms with Gasteiger partial charge in [-0.2, -0.15) is 0 Å². The summed E-state index contributed by atoms with van der Waals surface area (Å²) in [5.74, 6) is -4.98. The van der Waals surface area contributed by atoms with Crippen LogP contribution in [0.3, 0.4) is 0 Å². The maximum absolute atomic E-state index is 13.5. The van der Waals surface area contributed by atoms with E-state index in [-0.39, 0.29) is 87.8 Å². The number of nitrogens with two attached hydrogens (primary N) is 1. The van der Waals surface area contributed by atoms with Gasteiger partial charge in [0.15, 0.2) is 0 Å². The second kappa shape index (κ2) is 37.1. The first-order valence-electron chi connectivity index (χ1n) is 27.6. The van der Waals surface area contributed by atoms with E-state index in [1.54, 1.807) is 58.9 Å². The molecule has 0 aromatic rings. The minimum atomic E-state index is -1.49. The molecule has 1 rings (SSSR count). The van der Waals surface area contributed by atoms with Crippen molar-refractivity contribution in [1.82, 2.24) is 5.32 Å². The second-order valence-corrected chi connectivity index (χ2v) is 22.1. The van der Waals surface area contributed by atoms with Crippen LogP contribution in [0.2, 0.25) is 0 Å². The number of carbonyl (C=O) groups excluding carboxylic acids is 2. The molecule has 1 amide bonds. The van der Waals surface area contributed by atoms with Gasteiger partial charge in [-0.3, -0.25) is 4.79 Å². The van der Waals surface area contributed by atoms with Crippen molar-refractivity contribution >= 4 is 11.9 Å². The highest BCUT2D eigenvalue weighted by Gasteiger charge is 2.34. The molecule has 19 heteroatoms. The maximum Gasteiger partial charge on any atom is 0.333 e. The summed E-state index contributed by atoms with van der Waals surface area (Å²) in [5, 5.41) is 155. The van der Waals surface area contributed by atoms with Crippen molar-refractivity contribution < 1.29 is 85.8 Å². The molecule has 1 aliphatic heterocycles. The molecular formula is C57H102N2O17. The van der Waals surface area contributed by atoms with Gasteiger partial charge in [0.1, 0.15) is 6.10 Å². The quantitative estimate of drug-likeness (QED) is 0.127. The van der Waals surface area contributed by atoms with Gasteiger partial charge in [-0.25, -0.2) is 4.79 Å². The fourth-order valence-corrected chi connectivity index (χ4v) is 9.34. The van der Waals surface area contributed by atoms with Crippen LogP contribution in [-0.4, -0.2) is 188 Å². The van der Waals surface area contributed by atoms with Gasteiger partial charge in [-0.05, 0) is 76.7 Å². The molecule has 0 aromatic heterocycles. The Labute approximate surface area is 452 Å². The summed E-state index contributed by atoms with van der Waals surface area (Å²) in [5.41, 5.74) is 6.09. The van der Waals surface area contributed by atoms with Crippen LogP contribution < -0.4 is 11.1 Å². The number of ether oxygens (including phenoxy) is 1. The summed E-state index contributed by atoms with van der Waals surface area (Å²) in [4.78, 5) is 25.7. The van der Waals surface area contributed by atoms with Crippen molar-refractivity contribution in [3.8, 4) is 0 Å². The van der Waals surface area contributed by atoms with Crippen LogP contribution in [0, 0.1) is 41.4 Å². The zero-order valence-corrected chi connectivity index (χ0v) is 46.8. The standard InChI is InChI=1S/C57H102N2O17/c1-32-14-10-11-18-46(65)38(7)55(73)33(2)15-12-16-35(4)57(75)76-52(37(6)47(66)22-23-53(71)59-25-24-58)19-13-17-41(60)27-42(61)29-48(67)39(8)56(74)40(9)49(68)30-43(62)28-44(63)31-51(70)50(69)26-36(5)54(72)34(3)20-21-45(32)64/h10,13-14,16-17,20-21,26,32-34,37-52,54-56,60-70,72-74H,11-12,15,18-19,22-25,27-31,58H2,1-9H3,(H,59,71)/b14-10+,17-13+,21-20+,35-16+,36-26+. The van der Waals surface area contributed by atoms with E-state index in [0.717, 1.165) is 0 Å². The number of allylic oxidation sites excluding steroid dienone is 2. The Morgan fingerprint density at radius 2 is 1.24 bits per heavy atom. The lowest BCUT2D eigenvalue weighted by atomic mass is 9.82. The van der Waals surface area contributed by atoms with Gasteiger partial charge in [0.05, 0.1) is 85.5 Å². The first kappa shape index (κ1) is 71.1. The van der Waals surface area contributed by atoms with Crippen LogP contribution in [0.15, 0.2) is 59.8 Å². The van der Waals surface area contributed by atoms with Crippen LogP contribution in [0.5, 0.6) is 0 Å². The normalized spacial score (nSPS) is 40.9. The number of amides is 1. The molecule has 0 fully saturated rings. The molecule has 1 aliphatic rings. The van der Waals surface area contributed by atoms with Gasteiger partial charge >= 0.3 is 5.97 Å². The summed E-state index contributed by atoms with van der Waals surface area (Å²) in [6.45, 7) is 15.5. The molecular weight excluding hydrogens is 985 g/mol. The van der Waals surface area contributed by atoms with E-state index in [9.17, 15) is 81.1 Å². The number of aliphatic hydroxyl groups excluding tert-OH is 14. The number of rotatable bonds is 7. The second-order valence-electron chi connectivity index (χ2n) is 22.1. The van der Waals surface area contributed by atoms with Crippen molar-refractivity contribution in [3.05, 3.63) is 59.8 Å². The van der Waals surface area contributed by atoms with Crippen LogP contribution >= 0.6 is 0 Å². The average Bonchev–Trinajstić information content (AvgIpc) is 3.36. The molecule has 0 aromatic carbocycles. The van der Waals surface area contributed by atoms with Crippen molar-refractivity contribution in [2.24, 2.45) is 47.2 Å². The van der Waals surface area contributed by atoms with Gasteiger partial charge in [0.2, 0.25) is 5.91 Å². The van der Waals surface area contributed by atoms with Gasteiger partial charge < -0.3 is 87.3 Å². The molecule has 0 radical (unpaired) electrons. The molecule has 0 aliphatic carbocycles. The molecule has 22 atom stereocenters. The molecule has 442 valence electrons. The van der Waals surface area contributed by atoms with Gasteiger partial charge in [0.25, 0.3) is 0 Å². The van der Waals surface area contributed by atoms with Crippen LogP contribution in [-0.2, 0) is 14.3 Å². The molecule has 1 heterocycles. The molecule has 19 nitrogen and oxygen atoms in total. The number of hydrogen-bond donors (Lipinski definition) is 16. The lowest BCUT2D eigenvalue weighted by Gasteiger charge is -2.33. The molecule has 0 saturated heterocycles. The smallest absolute Gasteiger partial charge is 0.333 e. The van der Waals surface area contributed by atoms with Gasteiger partial charge in [0, 0.05) is 79.9 Å². The zero-order valence-electron chi connectivity index (χ0n) is 46.8. The summed E-state index contributed by atoms with van der Waals surface area (Å²) in [7, 11) is 0. The first-order chi connectivity index (χ1) is 35.5. The Bertz CT molecular complexity index is 1780. The third-order valence-corrected chi connectivity index (χ3v) is 15.3. The first-order valence-corrected chi connectivity index (χ1v) is 27.6.